The molecule has 0 unspecified atom stereocenters. The highest BCUT2D eigenvalue weighted by molar-refractivity contribution is 6.42. The minimum absolute atomic E-state index is 0.121. The largest absolute Gasteiger partial charge is 0.470 e. The van der Waals surface area contributed by atoms with Crippen LogP contribution in [0.15, 0.2) is 35.0 Å². The third-order valence-corrected chi connectivity index (χ3v) is 5.70. The number of alkyl halides is 3. The molecule has 4 rings (SSSR count). The maximum atomic E-state index is 12.6. The van der Waals surface area contributed by atoms with Crippen molar-refractivity contribution < 1.29 is 17.6 Å². The second kappa shape index (κ2) is 7.00. The summed E-state index contributed by atoms with van der Waals surface area (Å²) < 4.78 is 42.4. The van der Waals surface area contributed by atoms with E-state index in [0.717, 1.165) is 24.8 Å². The summed E-state index contributed by atoms with van der Waals surface area (Å²) in [5.74, 6) is -1.11. The first-order valence-corrected chi connectivity index (χ1v) is 9.20. The van der Waals surface area contributed by atoms with Crippen LogP contribution in [-0.2, 0) is 18.0 Å². The van der Waals surface area contributed by atoms with Gasteiger partial charge in [0.05, 0.1) is 15.6 Å². The van der Waals surface area contributed by atoms with Crippen molar-refractivity contribution in [2.24, 2.45) is 0 Å². The highest BCUT2D eigenvalue weighted by atomic mass is 35.5. The van der Waals surface area contributed by atoms with Gasteiger partial charge >= 0.3 is 12.1 Å². The van der Waals surface area contributed by atoms with Crippen molar-refractivity contribution >= 4 is 23.2 Å². The van der Waals surface area contributed by atoms with Crippen molar-refractivity contribution in [1.29, 1.82) is 0 Å². The van der Waals surface area contributed by atoms with Crippen LogP contribution in [0.2, 0.25) is 10.0 Å². The zero-order valence-electron chi connectivity index (χ0n) is 14.3. The second-order valence-corrected chi connectivity index (χ2v) is 7.55. The van der Waals surface area contributed by atoms with E-state index >= 15 is 0 Å². The molecule has 1 aromatic carbocycles. The number of nitrogens with zero attached hydrogens (tertiary/aromatic N) is 4. The summed E-state index contributed by atoms with van der Waals surface area (Å²) in [4.78, 5) is 8.56. The standard InChI is InChI=1S/C18H13Cl2F3N4O/c19-12-3-2-11(6-13(12)20)17(4-1-5-17)7-14-24-8-10(9-25-14)15-26-27-16(28-15)18(21,22)23/h2-3,6,8-9H,1,4-5,7H2. The Kier molecular flexibility index (Phi) is 4.79. The minimum atomic E-state index is -4.69. The van der Waals surface area contributed by atoms with E-state index in [1.165, 1.54) is 12.4 Å². The van der Waals surface area contributed by atoms with Crippen molar-refractivity contribution in [3.05, 3.63) is 57.9 Å². The SMILES string of the molecule is FC(F)(F)c1nnc(-c2cnc(CC3(c4ccc(Cl)c(Cl)c4)CCC3)nc2)o1. The fraction of sp³-hybridized carbons (Fsp3) is 0.333. The third-order valence-electron chi connectivity index (χ3n) is 4.96. The summed E-state index contributed by atoms with van der Waals surface area (Å²) >= 11 is 12.2. The van der Waals surface area contributed by atoms with Gasteiger partial charge in [-0.05, 0) is 30.5 Å². The number of rotatable bonds is 4. The lowest BCUT2D eigenvalue weighted by atomic mass is 9.62. The highest BCUT2D eigenvalue weighted by Gasteiger charge is 2.40. The molecule has 5 nitrogen and oxygen atoms in total. The normalized spacial score (nSPS) is 16.0. The van der Waals surface area contributed by atoms with Gasteiger partial charge in [-0.25, -0.2) is 9.97 Å². The smallest absolute Gasteiger partial charge is 0.413 e. The fourth-order valence-electron chi connectivity index (χ4n) is 3.31. The van der Waals surface area contributed by atoms with E-state index in [1.54, 1.807) is 6.07 Å². The van der Waals surface area contributed by atoms with E-state index in [9.17, 15) is 13.2 Å². The summed E-state index contributed by atoms with van der Waals surface area (Å²) in [6.07, 6.45) is 1.68. The van der Waals surface area contributed by atoms with E-state index in [-0.39, 0.29) is 16.9 Å². The third kappa shape index (κ3) is 3.58. The molecule has 0 amide bonds. The number of halogens is 5. The Bertz CT molecular complexity index is 1000. The van der Waals surface area contributed by atoms with Crippen LogP contribution in [0.3, 0.4) is 0 Å². The monoisotopic (exact) mass is 428 g/mol. The Hall–Kier alpha value is -2.19. The Balaban J connectivity index is 1.55. The predicted octanol–water partition coefficient (Wildman–Crippen LogP) is 5.52. The van der Waals surface area contributed by atoms with Gasteiger partial charge < -0.3 is 4.42 Å². The molecule has 0 spiro atoms. The van der Waals surface area contributed by atoms with Crippen LogP contribution in [-0.4, -0.2) is 20.2 Å². The summed E-state index contributed by atoms with van der Waals surface area (Å²) in [7, 11) is 0. The quantitative estimate of drug-likeness (QED) is 0.547. The molecular weight excluding hydrogens is 416 g/mol. The molecule has 0 aliphatic heterocycles. The molecule has 3 aromatic rings. The van der Waals surface area contributed by atoms with Gasteiger partial charge in [-0.3, -0.25) is 0 Å². The summed E-state index contributed by atoms with van der Waals surface area (Å²) in [6, 6.07) is 5.60. The van der Waals surface area contributed by atoms with Gasteiger partial charge in [-0.2, -0.15) is 13.2 Å². The van der Waals surface area contributed by atoms with E-state index < -0.39 is 12.1 Å². The number of hydrogen-bond donors (Lipinski definition) is 0. The molecular formula is C18H13Cl2F3N4O. The molecule has 0 atom stereocenters. The molecule has 0 radical (unpaired) electrons. The molecule has 146 valence electrons. The van der Waals surface area contributed by atoms with Crippen LogP contribution >= 0.6 is 23.2 Å². The lowest BCUT2D eigenvalue weighted by Crippen LogP contribution is -2.37. The number of aromatic nitrogens is 4. The van der Waals surface area contributed by atoms with E-state index in [0.29, 0.717) is 22.3 Å². The predicted molar refractivity (Wildman–Crippen MR) is 96.0 cm³/mol. The van der Waals surface area contributed by atoms with Crippen LogP contribution < -0.4 is 0 Å². The molecule has 10 heteroatoms. The Labute approximate surface area is 167 Å². The fourth-order valence-corrected chi connectivity index (χ4v) is 3.61. The van der Waals surface area contributed by atoms with Crippen LogP contribution in [0.5, 0.6) is 0 Å². The maximum absolute atomic E-state index is 12.6. The van der Waals surface area contributed by atoms with Crippen molar-refractivity contribution in [1.82, 2.24) is 20.2 Å². The Morgan fingerprint density at radius 2 is 1.75 bits per heavy atom. The zero-order valence-corrected chi connectivity index (χ0v) is 15.8. The highest BCUT2D eigenvalue weighted by Crippen LogP contribution is 2.47. The summed E-state index contributed by atoms with van der Waals surface area (Å²) in [6.45, 7) is 0. The summed E-state index contributed by atoms with van der Waals surface area (Å²) in [5.41, 5.74) is 1.18. The molecule has 1 fully saturated rings. The van der Waals surface area contributed by atoms with Crippen molar-refractivity contribution in [2.75, 3.05) is 0 Å². The molecule has 2 heterocycles. The van der Waals surface area contributed by atoms with Crippen LogP contribution in [0.1, 0.15) is 36.5 Å². The van der Waals surface area contributed by atoms with Gasteiger partial charge in [0.25, 0.3) is 5.89 Å². The van der Waals surface area contributed by atoms with Gasteiger partial charge in [0, 0.05) is 24.2 Å². The van der Waals surface area contributed by atoms with Gasteiger partial charge in [-0.15, -0.1) is 10.2 Å². The van der Waals surface area contributed by atoms with E-state index in [4.69, 9.17) is 23.2 Å². The van der Waals surface area contributed by atoms with Crippen LogP contribution in [0, 0.1) is 0 Å². The van der Waals surface area contributed by atoms with Crippen molar-refractivity contribution in [2.45, 2.75) is 37.3 Å². The van der Waals surface area contributed by atoms with Gasteiger partial charge in [0.15, 0.2) is 0 Å². The lowest BCUT2D eigenvalue weighted by molar-refractivity contribution is -0.156. The van der Waals surface area contributed by atoms with Crippen molar-refractivity contribution in [3.63, 3.8) is 0 Å². The van der Waals surface area contributed by atoms with Crippen LogP contribution in [0.4, 0.5) is 13.2 Å². The lowest BCUT2D eigenvalue weighted by Gasteiger charge is -2.42. The minimum Gasteiger partial charge on any atom is -0.413 e. The Morgan fingerprint density at radius 1 is 1.04 bits per heavy atom. The molecule has 28 heavy (non-hydrogen) atoms. The van der Waals surface area contributed by atoms with Gasteiger partial charge in [-0.1, -0.05) is 35.7 Å². The zero-order chi connectivity index (χ0) is 19.9. The molecule has 1 saturated carbocycles. The van der Waals surface area contributed by atoms with Gasteiger partial charge in [0.2, 0.25) is 0 Å². The second-order valence-electron chi connectivity index (χ2n) is 6.74. The maximum Gasteiger partial charge on any atom is 0.470 e. The molecule has 2 aromatic heterocycles. The molecule has 0 bridgehead atoms. The van der Waals surface area contributed by atoms with Crippen molar-refractivity contribution in [3.8, 4) is 11.5 Å². The van der Waals surface area contributed by atoms with Gasteiger partial charge in [0.1, 0.15) is 5.82 Å². The van der Waals surface area contributed by atoms with E-state index in [2.05, 4.69) is 24.6 Å². The van der Waals surface area contributed by atoms with E-state index in [1.807, 2.05) is 12.1 Å². The number of hydrogen-bond acceptors (Lipinski definition) is 5. The topological polar surface area (TPSA) is 64.7 Å². The first-order chi connectivity index (χ1) is 13.3. The average Bonchev–Trinajstić information content (AvgIpc) is 3.12. The average molecular weight is 429 g/mol. The molecule has 0 N–H and O–H groups in total. The molecule has 0 saturated heterocycles. The molecule has 1 aliphatic rings. The first kappa shape index (κ1) is 19.1. The summed E-state index contributed by atoms with van der Waals surface area (Å²) in [5, 5.41) is 7.41. The number of benzene rings is 1. The van der Waals surface area contributed by atoms with Crippen LogP contribution in [0.25, 0.3) is 11.5 Å². The Morgan fingerprint density at radius 3 is 2.29 bits per heavy atom. The molecule has 1 aliphatic carbocycles. The first-order valence-electron chi connectivity index (χ1n) is 8.44.